The molecule has 1 aromatic heterocycles. The molecule has 0 aliphatic rings. The van der Waals surface area contributed by atoms with Crippen LogP contribution >= 0.6 is 11.3 Å². The minimum Gasteiger partial charge on any atom is -0.444 e. The third kappa shape index (κ3) is 7.50. The highest BCUT2D eigenvalue weighted by Gasteiger charge is 2.17. The minimum atomic E-state index is -0.450. The number of hydrogen-bond donors (Lipinski definition) is 2. The van der Waals surface area contributed by atoms with Crippen LogP contribution in [0.5, 0.6) is 0 Å². The van der Waals surface area contributed by atoms with Gasteiger partial charge in [-0.15, -0.1) is 11.3 Å². The van der Waals surface area contributed by atoms with Crippen LogP contribution in [-0.4, -0.2) is 24.3 Å². The monoisotopic (exact) mass is 298 g/mol. The first-order valence-corrected chi connectivity index (χ1v) is 8.01. The topological polar surface area (TPSA) is 50.4 Å². The summed E-state index contributed by atoms with van der Waals surface area (Å²) in [6.45, 7) is 9.18. The smallest absolute Gasteiger partial charge is 0.407 e. The van der Waals surface area contributed by atoms with E-state index in [0.717, 1.165) is 19.4 Å². The molecule has 0 aliphatic carbocycles. The molecule has 0 fully saturated rings. The van der Waals surface area contributed by atoms with Crippen LogP contribution in [0.25, 0.3) is 0 Å². The largest absolute Gasteiger partial charge is 0.444 e. The molecule has 0 bridgehead atoms. The maximum absolute atomic E-state index is 11.6. The van der Waals surface area contributed by atoms with Crippen LogP contribution in [0.1, 0.15) is 45.4 Å². The third-order valence-corrected chi connectivity index (χ3v) is 3.55. The summed E-state index contributed by atoms with van der Waals surface area (Å²) < 4.78 is 5.24. The predicted octanol–water partition coefficient (Wildman–Crippen LogP) is 3.53. The summed E-state index contributed by atoms with van der Waals surface area (Å²) in [5.74, 6) is 0. The zero-order valence-electron chi connectivity index (χ0n) is 12.9. The molecule has 0 saturated heterocycles. The van der Waals surface area contributed by atoms with Gasteiger partial charge in [-0.3, -0.25) is 0 Å². The molecule has 0 saturated carbocycles. The number of carbonyl (C=O) groups excluding carboxylic acids is 1. The van der Waals surface area contributed by atoms with Crippen LogP contribution in [0.2, 0.25) is 0 Å². The van der Waals surface area contributed by atoms with Gasteiger partial charge in [-0.1, -0.05) is 19.4 Å². The summed E-state index contributed by atoms with van der Waals surface area (Å²) in [6, 6.07) is 4.44. The zero-order chi connectivity index (χ0) is 15.0. The van der Waals surface area contributed by atoms with Crippen LogP contribution in [0.15, 0.2) is 17.5 Å². The molecule has 5 heteroatoms. The Kier molecular flexibility index (Phi) is 7.02. The molecule has 4 nitrogen and oxygen atoms in total. The summed E-state index contributed by atoms with van der Waals surface area (Å²) in [5.41, 5.74) is -0.450. The van der Waals surface area contributed by atoms with E-state index in [9.17, 15) is 4.79 Å². The summed E-state index contributed by atoms with van der Waals surface area (Å²) in [4.78, 5) is 12.9. The first-order chi connectivity index (χ1) is 9.40. The van der Waals surface area contributed by atoms with E-state index < -0.39 is 5.60 Å². The van der Waals surface area contributed by atoms with E-state index in [2.05, 4.69) is 35.1 Å². The summed E-state index contributed by atoms with van der Waals surface area (Å²) >= 11 is 1.74. The second-order valence-electron chi connectivity index (χ2n) is 5.83. The maximum Gasteiger partial charge on any atom is 0.407 e. The average molecular weight is 298 g/mol. The number of rotatable bonds is 7. The average Bonchev–Trinajstić information content (AvgIpc) is 2.83. The summed E-state index contributed by atoms with van der Waals surface area (Å²) in [5, 5.41) is 8.39. The number of nitrogens with one attached hydrogen (secondary N) is 2. The molecule has 0 aromatic carbocycles. The molecule has 1 amide bonds. The first-order valence-electron chi connectivity index (χ1n) is 7.13. The predicted molar refractivity (Wildman–Crippen MR) is 84.1 cm³/mol. The van der Waals surface area contributed by atoms with Crippen molar-refractivity contribution in [2.75, 3.05) is 6.54 Å². The van der Waals surface area contributed by atoms with Crippen molar-refractivity contribution in [3.63, 3.8) is 0 Å². The normalized spacial score (nSPS) is 13.0. The first kappa shape index (κ1) is 17.0. The van der Waals surface area contributed by atoms with Gasteiger partial charge in [-0.05, 0) is 38.6 Å². The molecule has 0 radical (unpaired) electrons. The Labute approximate surface area is 125 Å². The second kappa shape index (κ2) is 8.27. The van der Waals surface area contributed by atoms with E-state index in [0.29, 0.717) is 6.54 Å². The van der Waals surface area contributed by atoms with E-state index in [1.807, 2.05) is 20.8 Å². The van der Waals surface area contributed by atoms with Crippen LogP contribution in [0.3, 0.4) is 0 Å². The molecule has 114 valence electrons. The second-order valence-corrected chi connectivity index (χ2v) is 6.86. The standard InChI is InChI=1S/C15H26N2O2S/c1-5-7-12(16-11-13-8-6-9-20-13)10-17-14(18)19-15(2,3)4/h6,8-9,12,16H,5,7,10-11H2,1-4H3,(H,17,18). The molecular weight excluding hydrogens is 272 g/mol. The number of alkyl carbamates (subject to hydrolysis) is 1. The Morgan fingerprint density at radius 3 is 2.75 bits per heavy atom. The van der Waals surface area contributed by atoms with Crippen molar-refractivity contribution in [2.24, 2.45) is 0 Å². The highest BCUT2D eigenvalue weighted by molar-refractivity contribution is 7.09. The van der Waals surface area contributed by atoms with Crippen molar-refractivity contribution in [2.45, 2.75) is 58.7 Å². The number of thiophene rings is 1. The van der Waals surface area contributed by atoms with Gasteiger partial charge in [0, 0.05) is 24.0 Å². The van der Waals surface area contributed by atoms with E-state index in [4.69, 9.17) is 4.74 Å². The summed E-state index contributed by atoms with van der Waals surface area (Å²) in [6.07, 6.45) is 1.76. The lowest BCUT2D eigenvalue weighted by atomic mass is 10.1. The molecule has 2 N–H and O–H groups in total. The van der Waals surface area contributed by atoms with Crippen molar-refractivity contribution in [1.82, 2.24) is 10.6 Å². The lowest BCUT2D eigenvalue weighted by molar-refractivity contribution is 0.0521. The van der Waals surface area contributed by atoms with Gasteiger partial charge in [0.15, 0.2) is 0 Å². The number of hydrogen-bond acceptors (Lipinski definition) is 4. The molecular formula is C15H26N2O2S. The van der Waals surface area contributed by atoms with Gasteiger partial charge in [0.05, 0.1) is 0 Å². The third-order valence-electron chi connectivity index (χ3n) is 2.67. The van der Waals surface area contributed by atoms with Gasteiger partial charge in [0.25, 0.3) is 0 Å². The lowest BCUT2D eigenvalue weighted by Crippen LogP contribution is -2.42. The van der Waals surface area contributed by atoms with Crippen LogP contribution < -0.4 is 10.6 Å². The van der Waals surface area contributed by atoms with Gasteiger partial charge in [0.1, 0.15) is 5.60 Å². The van der Waals surface area contributed by atoms with E-state index in [1.165, 1.54) is 4.88 Å². The van der Waals surface area contributed by atoms with Crippen LogP contribution in [0, 0.1) is 0 Å². The lowest BCUT2D eigenvalue weighted by Gasteiger charge is -2.22. The highest BCUT2D eigenvalue weighted by Crippen LogP contribution is 2.09. The molecule has 1 rings (SSSR count). The maximum atomic E-state index is 11.6. The molecule has 1 unspecified atom stereocenters. The van der Waals surface area contributed by atoms with Crippen LogP contribution in [0.4, 0.5) is 4.79 Å². The Balaban J connectivity index is 2.33. The van der Waals surface area contributed by atoms with E-state index in [-0.39, 0.29) is 12.1 Å². The minimum absolute atomic E-state index is 0.273. The molecule has 1 heterocycles. The molecule has 20 heavy (non-hydrogen) atoms. The Hall–Kier alpha value is -1.07. The molecule has 0 spiro atoms. The Morgan fingerprint density at radius 2 is 2.20 bits per heavy atom. The zero-order valence-corrected chi connectivity index (χ0v) is 13.7. The van der Waals surface area contributed by atoms with Gasteiger partial charge in [0.2, 0.25) is 0 Å². The number of carbonyl (C=O) groups is 1. The SMILES string of the molecule is CCCC(CNC(=O)OC(C)(C)C)NCc1cccs1. The van der Waals surface area contributed by atoms with Crippen LogP contribution in [-0.2, 0) is 11.3 Å². The van der Waals surface area contributed by atoms with Crippen molar-refractivity contribution in [3.05, 3.63) is 22.4 Å². The fourth-order valence-corrected chi connectivity index (χ4v) is 2.46. The van der Waals surface area contributed by atoms with Crippen molar-refractivity contribution in [1.29, 1.82) is 0 Å². The van der Waals surface area contributed by atoms with Gasteiger partial charge >= 0.3 is 6.09 Å². The van der Waals surface area contributed by atoms with Crippen molar-refractivity contribution in [3.8, 4) is 0 Å². The van der Waals surface area contributed by atoms with E-state index >= 15 is 0 Å². The molecule has 0 aliphatic heterocycles. The Bertz CT molecular complexity index is 385. The molecule has 1 aromatic rings. The number of ether oxygens (including phenoxy) is 1. The van der Waals surface area contributed by atoms with Crippen molar-refractivity contribution >= 4 is 17.4 Å². The molecule has 1 atom stereocenters. The van der Waals surface area contributed by atoms with Gasteiger partial charge < -0.3 is 15.4 Å². The van der Waals surface area contributed by atoms with Gasteiger partial charge in [-0.2, -0.15) is 0 Å². The quantitative estimate of drug-likeness (QED) is 0.809. The highest BCUT2D eigenvalue weighted by atomic mass is 32.1. The van der Waals surface area contributed by atoms with Crippen molar-refractivity contribution < 1.29 is 9.53 Å². The summed E-state index contributed by atoms with van der Waals surface area (Å²) in [7, 11) is 0. The van der Waals surface area contributed by atoms with E-state index in [1.54, 1.807) is 11.3 Å². The Morgan fingerprint density at radius 1 is 1.45 bits per heavy atom. The number of amides is 1. The fourth-order valence-electron chi connectivity index (χ4n) is 1.80. The van der Waals surface area contributed by atoms with Gasteiger partial charge in [-0.25, -0.2) is 4.79 Å². The fraction of sp³-hybridized carbons (Fsp3) is 0.667.